The van der Waals surface area contributed by atoms with Crippen molar-refractivity contribution in [3.05, 3.63) is 156 Å². The van der Waals surface area contributed by atoms with Crippen LogP contribution in [0.25, 0.3) is 11.1 Å². The lowest BCUT2D eigenvalue weighted by molar-refractivity contribution is 0.0725. The summed E-state index contributed by atoms with van der Waals surface area (Å²) >= 11 is 0. The highest BCUT2D eigenvalue weighted by molar-refractivity contribution is 5.93. The number of unbranched alkanes of at least 4 members (excludes halogenated alkanes) is 22. The SMILES string of the molecule is CCCCCCCCCCCCCCOc1ccc(C=Nc2ccc(C(=O)Oc3ccc(-c4cccc(OC(=O)c5ccc(N=Cc6ccc(OCCCCCCCCCCCCCC)cc6O)cc5)c4)cc3)cc2)c(O)c1. The molecule has 0 aliphatic rings. The van der Waals surface area contributed by atoms with E-state index in [0.29, 0.717) is 69.8 Å². The highest BCUT2D eigenvalue weighted by Crippen LogP contribution is 2.29. The molecule has 0 aliphatic heterocycles. The number of hydrogen-bond acceptors (Lipinski definition) is 10. The number of aromatic hydroxyl groups is 2. The van der Waals surface area contributed by atoms with Crippen LogP contribution in [0.5, 0.6) is 34.5 Å². The fourth-order valence-electron chi connectivity index (χ4n) is 9.15. The van der Waals surface area contributed by atoms with Crippen LogP contribution in [0.15, 0.2) is 143 Å². The van der Waals surface area contributed by atoms with E-state index in [-0.39, 0.29) is 11.5 Å². The van der Waals surface area contributed by atoms with Gasteiger partial charge >= 0.3 is 11.9 Å². The first-order valence-corrected chi connectivity index (χ1v) is 29.1. The number of carbonyl (C=O) groups excluding carboxylic acids is 2. The minimum atomic E-state index is -0.517. The van der Waals surface area contributed by atoms with Crippen molar-refractivity contribution in [2.75, 3.05) is 13.2 Å². The lowest BCUT2D eigenvalue weighted by Gasteiger charge is -2.09. The average Bonchev–Trinajstić information content (AvgIpc) is 3.47. The molecule has 0 amide bonds. The smallest absolute Gasteiger partial charge is 0.343 e. The van der Waals surface area contributed by atoms with Gasteiger partial charge in [0.25, 0.3) is 0 Å². The van der Waals surface area contributed by atoms with E-state index in [2.05, 4.69) is 23.8 Å². The second kappa shape index (κ2) is 35.3. The molecule has 0 spiro atoms. The maximum absolute atomic E-state index is 13.1. The van der Waals surface area contributed by atoms with E-state index in [4.69, 9.17) is 18.9 Å². The van der Waals surface area contributed by atoms with E-state index in [0.717, 1.165) is 36.8 Å². The Morgan fingerprint density at radius 2 is 0.756 bits per heavy atom. The second-order valence-corrected chi connectivity index (χ2v) is 20.4. The van der Waals surface area contributed by atoms with Crippen LogP contribution in [0, 0.1) is 0 Å². The topological polar surface area (TPSA) is 136 Å². The fraction of sp³-hybridized carbons (Fsp3) is 0.412. The number of ether oxygens (including phenoxy) is 4. The Bertz CT molecular complexity index is 2730. The summed E-state index contributed by atoms with van der Waals surface area (Å²) in [7, 11) is 0. The van der Waals surface area contributed by atoms with E-state index in [9.17, 15) is 19.8 Å². The Balaban J connectivity index is 0.869. The summed E-state index contributed by atoms with van der Waals surface area (Å²) in [5.41, 5.74) is 4.70. The number of nitrogens with zero attached hydrogens (tertiary/aromatic N) is 2. The molecule has 0 aliphatic carbocycles. The minimum absolute atomic E-state index is 0.0837. The third-order valence-corrected chi connectivity index (χ3v) is 13.9. The van der Waals surface area contributed by atoms with Gasteiger partial charge in [0.1, 0.15) is 34.5 Å². The Labute approximate surface area is 465 Å². The first kappa shape index (κ1) is 60.0. The normalized spacial score (nSPS) is 11.4. The van der Waals surface area contributed by atoms with Crippen LogP contribution in [0.3, 0.4) is 0 Å². The number of phenols is 2. The van der Waals surface area contributed by atoms with Gasteiger partial charge in [-0.05, 0) is 121 Å². The van der Waals surface area contributed by atoms with Gasteiger partial charge in [0.2, 0.25) is 0 Å². The lowest BCUT2D eigenvalue weighted by atomic mass is 10.1. The van der Waals surface area contributed by atoms with Crippen LogP contribution in [0.4, 0.5) is 11.4 Å². The zero-order valence-electron chi connectivity index (χ0n) is 46.5. The molecule has 414 valence electrons. The lowest BCUT2D eigenvalue weighted by Crippen LogP contribution is -2.08. The molecule has 2 N–H and O–H groups in total. The molecule has 0 bridgehead atoms. The van der Waals surface area contributed by atoms with Gasteiger partial charge in [0.15, 0.2) is 0 Å². The molecule has 0 saturated carbocycles. The highest BCUT2D eigenvalue weighted by atomic mass is 16.5. The van der Waals surface area contributed by atoms with Crippen LogP contribution in [-0.4, -0.2) is 47.8 Å². The highest BCUT2D eigenvalue weighted by Gasteiger charge is 2.13. The fourth-order valence-corrected chi connectivity index (χ4v) is 9.15. The van der Waals surface area contributed by atoms with E-state index >= 15 is 0 Å². The van der Waals surface area contributed by atoms with Crippen LogP contribution in [-0.2, 0) is 0 Å². The molecule has 0 fully saturated rings. The molecule has 0 unspecified atom stereocenters. The van der Waals surface area contributed by atoms with Crippen LogP contribution in [0.2, 0.25) is 0 Å². The predicted molar refractivity (Wildman–Crippen MR) is 319 cm³/mol. The molecule has 6 aromatic rings. The molecular formula is C68H84N2O8. The molecule has 0 radical (unpaired) electrons. The van der Waals surface area contributed by atoms with E-state index in [1.165, 1.54) is 128 Å². The molecule has 10 heteroatoms. The first-order chi connectivity index (χ1) is 38.3. The first-order valence-electron chi connectivity index (χ1n) is 29.1. The number of carbonyl (C=O) groups is 2. The number of benzene rings is 6. The van der Waals surface area contributed by atoms with Crippen LogP contribution in [0.1, 0.15) is 200 Å². The van der Waals surface area contributed by atoms with Gasteiger partial charge in [-0.15, -0.1) is 0 Å². The summed E-state index contributed by atoms with van der Waals surface area (Å²) in [6.45, 7) is 5.77. The predicted octanol–water partition coefficient (Wildman–Crippen LogP) is 18.9. The summed E-state index contributed by atoms with van der Waals surface area (Å²) in [6, 6.07) is 38.2. The third-order valence-electron chi connectivity index (χ3n) is 13.9. The summed E-state index contributed by atoms with van der Waals surface area (Å²) in [5, 5.41) is 21.3. The zero-order valence-corrected chi connectivity index (χ0v) is 46.5. The molecule has 0 heterocycles. The van der Waals surface area contributed by atoms with Gasteiger partial charge in [-0.3, -0.25) is 9.98 Å². The van der Waals surface area contributed by atoms with Crippen molar-refractivity contribution in [1.82, 2.24) is 0 Å². The average molecular weight is 1060 g/mol. The second-order valence-electron chi connectivity index (χ2n) is 20.4. The quantitative estimate of drug-likeness (QED) is 0.0170. The van der Waals surface area contributed by atoms with E-state index < -0.39 is 11.9 Å². The molecule has 0 aromatic heterocycles. The molecule has 0 atom stereocenters. The van der Waals surface area contributed by atoms with Gasteiger partial charge in [-0.2, -0.15) is 0 Å². The number of aliphatic imine (C=N–C) groups is 2. The standard InChI is InChI=1S/C68H84N2O8/c1-3-5-7-9-11-13-15-17-19-21-23-25-46-75-62-44-36-57(65(71)49-62)51-69-59-38-30-54(31-39-59)67(73)77-61-42-34-53(35-43-61)56-28-27-29-64(48-56)78-68(74)55-32-40-60(41-33-55)70-52-58-37-45-63(50-66(58)72)76-47-26-24-22-20-18-16-14-12-10-8-6-4-2/h27-45,48-52,71-72H,3-26,46-47H2,1-2H3. The Kier molecular flexibility index (Phi) is 27.1. The van der Waals surface area contributed by atoms with Crippen molar-refractivity contribution in [2.45, 2.75) is 168 Å². The van der Waals surface area contributed by atoms with E-state index in [1.54, 1.807) is 116 Å². The van der Waals surface area contributed by atoms with Crippen molar-refractivity contribution in [1.29, 1.82) is 0 Å². The third kappa shape index (κ3) is 22.4. The monoisotopic (exact) mass is 1060 g/mol. The number of esters is 2. The van der Waals surface area contributed by atoms with E-state index in [1.807, 2.05) is 30.3 Å². The van der Waals surface area contributed by atoms with Crippen molar-refractivity contribution in [2.24, 2.45) is 9.98 Å². The molecule has 6 aromatic carbocycles. The van der Waals surface area contributed by atoms with Crippen LogP contribution < -0.4 is 18.9 Å². The summed E-state index contributed by atoms with van der Waals surface area (Å²) in [6.07, 6.45) is 34.2. The Morgan fingerprint density at radius 1 is 0.385 bits per heavy atom. The zero-order chi connectivity index (χ0) is 54.8. The van der Waals surface area contributed by atoms with Crippen molar-refractivity contribution in [3.63, 3.8) is 0 Å². The minimum Gasteiger partial charge on any atom is -0.507 e. The molecule has 78 heavy (non-hydrogen) atoms. The summed E-state index contributed by atoms with van der Waals surface area (Å²) in [5.74, 6) is 1.15. The van der Waals surface area contributed by atoms with Crippen molar-refractivity contribution in [3.8, 4) is 45.6 Å². The molecule has 0 saturated heterocycles. The van der Waals surface area contributed by atoms with Gasteiger partial charge in [0, 0.05) is 35.7 Å². The largest absolute Gasteiger partial charge is 0.507 e. The van der Waals surface area contributed by atoms with Gasteiger partial charge in [-0.25, -0.2) is 9.59 Å². The van der Waals surface area contributed by atoms with Gasteiger partial charge in [-0.1, -0.05) is 179 Å². The van der Waals surface area contributed by atoms with Crippen LogP contribution >= 0.6 is 0 Å². The van der Waals surface area contributed by atoms with Gasteiger partial charge in [0.05, 0.1) is 35.7 Å². The molecule has 10 nitrogen and oxygen atoms in total. The summed E-state index contributed by atoms with van der Waals surface area (Å²) < 4.78 is 23.2. The van der Waals surface area contributed by atoms with Gasteiger partial charge < -0.3 is 29.2 Å². The molecular weight excluding hydrogens is 973 g/mol. The van der Waals surface area contributed by atoms with Crippen molar-refractivity contribution < 1.29 is 38.7 Å². The Morgan fingerprint density at radius 3 is 1.15 bits per heavy atom. The van der Waals surface area contributed by atoms with Crippen molar-refractivity contribution >= 4 is 35.7 Å². The maximum Gasteiger partial charge on any atom is 0.343 e. The number of phenolic OH excluding ortho intramolecular Hbond substituents is 2. The summed E-state index contributed by atoms with van der Waals surface area (Å²) in [4.78, 5) is 35.2. The maximum atomic E-state index is 13.1. The number of rotatable bonds is 37. The molecule has 6 rings (SSSR count). The Hall–Kier alpha value is -7.20. The number of hydrogen-bond donors (Lipinski definition) is 2.